The van der Waals surface area contributed by atoms with Gasteiger partial charge < -0.3 is 10.5 Å². The average Bonchev–Trinajstić information content (AvgIpc) is 2.64. The third-order valence-electron chi connectivity index (χ3n) is 2.94. The normalized spacial score (nSPS) is 13.7. The summed E-state index contributed by atoms with van der Waals surface area (Å²) in [6, 6.07) is 2.82. The Labute approximate surface area is 161 Å². The molecule has 27 heavy (non-hydrogen) atoms. The Balaban J connectivity index is 0.000000646. The van der Waals surface area contributed by atoms with Crippen molar-refractivity contribution in [1.29, 1.82) is 5.41 Å². The van der Waals surface area contributed by atoms with Crippen molar-refractivity contribution in [3.05, 3.63) is 28.3 Å². The highest BCUT2D eigenvalue weighted by Crippen LogP contribution is 2.35. The van der Waals surface area contributed by atoms with Crippen LogP contribution >= 0.6 is 11.6 Å². The van der Waals surface area contributed by atoms with Crippen LogP contribution in [0, 0.1) is 5.41 Å². The largest absolute Gasteiger partial charge is 0.491 e. The van der Waals surface area contributed by atoms with Crippen molar-refractivity contribution in [2.24, 2.45) is 5.73 Å². The lowest BCUT2D eigenvalue weighted by molar-refractivity contribution is -0.116. The first kappa shape index (κ1) is 22.9. The van der Waals surface area contributed by atoms with Gasteiger partial charge in [-0.2, -0.15) is 8.42 Å². The molecule has 13 heteroatoms. The van der Waals surface area contributed by atoms with Gasteiger partial charge in [-0.05, 0) is 18.2 Å². The van der Waals surface area contributed by atoms with E-state index in [1.165, 1.54) is 18.2 Å². The van der Waals surface area contributed by atoms with E-state index in [-0.39, 0.29) is 28.7 Å². The number of hydrogen-bond donors (Lipinski definition) is 4. The lowest BCUT2D eigenvalue weighted by atomic mass is 10.1. The van der Waals surface area contributed by atoms with Crippen molar-refractivity contribution >= 4 is 49.5 Å². The van der Waals surface area contributed by atoms with Gasteiger partial charge in [0.1, 0.15) is 10.6 Å². The Morgan fingerprint density at radius 1 is 1.30 bits per heavy atom. The smallest absolute Gasteiger partial charge is 0.261 e. The molecule has 1 amide bonds. The van der Waals surface area contributed by atoms with Gasteiger partial charge in [0, 0.05) is 28.8 Å². The summed E-state index contributed by atoms with van der Waals surface area (Å²) in [7, 11) is -7.20. The number of hydrogen-bond acceptors (Lipinski definition) is 7. The number of rotatable bonds is 2. The predicted molar refractivity (Wildman–Crippen MR) is 100 cm³/mol. The van der Waals surface area contributed by atoms with E-state index in [4.69, 9.17) is 32.0 Å². The minimum Gasteiger partial charge on any atom is -0.491 e. The topological polar surface area (TPSA) is 177 Å². The molecule has 0 saturated heterocycles. The fourth-order valence-electron chi connectivity index (χ4n) is 2.03. The van der Waals surface area contributed by atoms with E-state index in [0.29, 0.717) is 17.4 Å². The van der Waals surface area contributed by atoms with Gasteiger partial charge in [0.15, 0.2) is 15.8 Å². The maximum atomic E-state index is 11.9. The summed E-state index contributed by atoms with van der Waals surface area (Å²) < 4.78 is 55.1. The number of benzene rings is 1. The van der Waals surface area contributed by atoms with Crippen molar-refractivity contribution in [3.8, 4) is 5.75 Å². The lowest BCUT2D eigenvalue weighted by Gasteiger charge is -2.11. The zero-order chi connectivity index (χ0) is 21.0. The molecule has 2 rings (SSSR count). The Morgan fingerprint density at radius 2 is 1.85 bits per heavy atom. The van der Waals surface area contributed by atoms with Crippen molar-refractivity contribution in [2.45, 2.75) is 11.3 Å². The summed E-state index contributed by atoms with van der Waals surface area (Å²) in [6.07, 6.45) is 3.50. The molecule has 1 aliphatic rings. The van der Waals surface area contributed by atoms with Crippen LogP contribution in [0.15, 0.2) is 22.6 Å². The summed E-state index contributed by atoms with van der Waals surface area (Å²) in [5.74, 6) is -0.846. The van der Waals surface area contributed by atoms with Gasteiger partial charge in [-0.3, -0.25) is 20.1 Å². The van der Waals surface area contributed by atoms with Crippen LogP contribution < -0.4 is 15.8 Å². The van der Waals surface area contributed by atoms with Crippen molar-refractivity contribution in [3.63, 3.8) is 0 Å². The monoisotopic (exact) mass is 439 g/mol. The number of nitrogens with two attached hydrogens (primary N) is 1. The Morgan fingerprint density at radius 3 is 2.33 bits per heavy atom. The van der Waals surface area contributed by atoms with E-state index in [9.17, 15) is 21.6 Å². The molecular weight excluding hydrogens is 422 g/mol. The predicted octanol–water partition coefficient (Wildman–Crippen LogP) is 0.423. The van der Waals surface area contributed by atoms with E-state index in [0.717, 1.165) is 6.26 Å². The SMILES string of the molecule is CS(=O)(=O)O.CS(=O)(=O)c1cc(Cl)cc2c1OCCC(C(=O)NC(=N)N)=C2. The van der Waals surface area contributed by atoms with Crippen molar-refractivity contribution in [2.75, 3.05) is 19.1 Å². The van der Waals surface area contributed by atoms with Crippen molar-refractivity contribution in [1.82, 2.24) is 5.32 Å². The van der Waals surface area contributed by atoms with Gasteiger partial charge in [0.25, 0.3) is 16.0 Å². The molecule has 1 aromatic rings. The summed E-state index contributed by atoms with van der Waals surface area (Å²) in [5.41, 5.74) is 5.84. The number of carbonyl (C=O) groups is 1. The molecule has 0 aromatic heterocycles. The fourth-order valence-corrected chi connectivity index (χ4v) is 3.18. The van der Waals surface area contributed by atoms with Crippen LogP contribution in [0.2, 0.25) is 5.02 Å². The lowest BCUT2D eigenvalue weighted by Crippen LogP contribution is -2.36. The van der Waals surface area contributed by atoms with E-state index in [2.05, 4.69) is 5.32 Å². The molecule has 1 aromatic carbocycles. The number of nitrogens with one attached hydrogen (secondary N) is 2. The molecule has 0 saturated carbocycles. The number of ether oxygens (including phenoxy) is 1. The third kappa shape index (κ3) is 7.95. The van der Waals surface area contributed by atoms with Crippen LogP contribution in [0.25, 0.3) is 6.08 Å². The quantitative estimate of drug-likeness (QED) is 0.291. The molecule has 1 heterocycles. The van der Waals surface area contributed by atoms with Crippen LogP contribution in [0.5, 0.6) is 5.75 Å². The van der Waals surface area contributed by atoms with Gasteiger partial charge in [0.2, 0.25) is 0 Å². The first-order valence-electron chi connectivity index (χ1n) is 7.13. The molecule has 0 bridgehead atoms. The first-order valence-corrected chi connectivity index (χ1v) is 11.2. The fraction of sp³-hybridized carbons (Fsp3) is 0.286. The van der Waals surface area contributed by atoms with Gasteiger partial charge in [-0.15, -0.1) is 0 Å². The number of sulfone groups is 1. The van der Waals surface area contributed by atoms with E-state index < -0.39 is 31.8 Å². The van der Waals surface area contributed by atoms with Gasteiger partial charge in [-0.1, -0.05) is 11.6 Å². The van der Waals surface area contributed by atoms with Crippen LogP contribution in [0.3, 0.4) is 0 Å². The molecule has 0 spiro atoms. The zero-order valence-corrected chi connectivity index (χ0v) is 16.7. The summed E-state index contributed by atoms with van der Waals surface area (Å²) in [4.78, 5) is 11.9. The molecule has 1 aliphatic heterocycles. The molecular formula is C14H18ClN3O7S2. The van der Waals surface area contributed by atoms with Crippen LogP contribution in [-0.4, -0.2) is 52.4 Å². The molecule has 150 valence electrons. The highest BCUT2D eigenvalue weighted by Gasteiger charge is 2.23. The maximum absolute atomic E-state index is 11.9. The Hall–Kier alpha value is -2.15. The Bertz CT molecular complexity index is 994. The number of halogens is 1. The molecule has 0 atom stereocenters. The van der Waals surface area contributed by atoms with Crippen LogP contribution in [0.4, 0.5) is 0 Å². The maximum Gasteiger partial charge on any atom is 0.261 e. The minimum absolute atomic E-state index is 0.0283. The number of carbonyl (C=O) groups excluding carboxylic acids is 1. The van der Waals surface area contributed by atoms with Crippen molar-refractivity contribution < 1.29 is 30.9 Å². The van der Waals surface area contributed by atoms with Gasteiger partial charge in [0.05, 0.1) is 12.9 Å². The second-order valence-electron chi connectivity index (χ2n) is 5.46. The number of amides is 1. The van der Waals surface area contributed by atoms with E-state index >= 15 is 0 Å². The van der Waals surface area contributed by atoms with E-state index in [1.54, 1.807) is 0 Å². The van der Waals surface area contributed by atoms with Crippen LogP contribution in [0.1, 0.15) is 12.0 Å². The average molecular weight is 440 g/mol. The second-order valence-corrected chi connectivity index (χ2v) is 9.35. The van der Waals surface area contributed by atoms with Crippen LogP contribution in [-0.2, 0) is 24.7 Å². The summed E-state index contributed by atoms with van der Waals surface area (Å²) in [6.45, 7) is 0.119. The highest BCUT2D eigenvalue weighted by molar-refractivity contribution is 7.90. The first-order chi connectivity index (χ1) is 12.2. The summed E-state index contributed by atoms with van der Waals surface area (Å²) in [5, 5.41) is 9.47. The molecule has 0 unspecified atom stereocenters. The second kappa shape index (κ2) is 8.69. The number of guanidine groups is 1. The van der Waals surface area contributed by atoms with Gasteiger partial charge in [-0.25, -0.2) is 8.42 Å². The van der Waals surface area contributed by atoms with E-state index in [1.807, 2.05) is 0 Å². The standard InChI is InChI=1S/C13H14ClN3O4S.CH4O3S/c1-22(19,20)10-6-9(14)5-8-4-7(2-3-21-11(8)10)12(18)17-13(15)16;1-5(2,3)4/h4-6H,2-3H2,1H3,(H4,15,16,17,18);1H3,(H,2,3,4). The zero-order valence-electron chi connectivity index (χ0n) is 14.3. The number of fused-ring (bicyclic) bond motifs is 1. The van der Waals surface area contributed by atoms with Gasteiger partial charge >= 0.3 is 0 Å². The molecule has 0 aliphatic carbocycles. The Kier molecular flexibility index (Phi) is 7.37. The highest BCUT2D eigenvalue weighted by atomic mass is 35.5. The molecule has 5 N–H and O–H groups in total. The molecule has 10 nitrogen and oxygen atoms in total. The molecule has 0 fully saturated rings. The molecule has 0 radical (unpaired) electrons. The third-order valence-corrected chi connectivity index (χ3v) is 4.26. The minimum atomic E-state index is -3.67. The summed E-state index contributed by atoms with van der Waals surface area (Å²) >= 11 is 5.95.